The predicted octanol–water partition coefficient (Wildman–Crippen LogP) is 3.78. The van der Waals surface area contributed by atoms with Crippen molar-refractivity contribution < 1.29 is 19.0 Å². The summed E-state index contributed by atoms with van der Waals surface area (Å²) >= 11 is 0. The highest BCUT2D eigenvalue weighted by molar-refractivity contribution is 5.91. The molecular weight excluding hydrogens is 306 g/mol. The summed E-state index contributed by atoms with van der Waals surface area (Å²) in [6, 6.07) is 13.4. The summed E-state index contributed by atoms with van der Waals surface area (Å²) in [7, 11) is 0. The van der Waals surface area contributed by atoms with E-state index >= 15 is 0 Å². The maximum atomic E-state index is 12.0. The lowest BCUT2D eigenvalue weighted by Gasteiger charge is -2.08. The number of aryl methyl sites for hydroxylation is 1. The fourth-order valence-electron chi connectivity index (χ4n) is 2.44. The Morgan fingerprint density at radius 2 is 1.92 bits per heavy atom. The van der Waals surface area contributed by atoms with Gasteiger partial charge in [0.1, 0.15) is 5.75 Å². The van der Waals surface area contributed by atoms with Crippen LogP contribution in [0.1, 0.15) is 25.3 Å². The molecule has 2 aromatic rings. The van der Waals surface area contributed by atoms with Crippen LogP contribution in [0.25, 0.3) is 0 Å². The normalized spacial score (nSPS) is 12.0. The van der Waals surface area contributed by atoms with Gasteiger partial charge in [0, 0.05) is 18.2 Å². The molecule has 1 heterocycles. The smallest absolute Gasteiger partial charge is 0.231 e. The molecule has 0 unspecified atom stereocenters. The van der Waals surface area contributed by atoms with Crippen molar-refractivity contribution in [1.29, 1.82) is 0 Å². The molecule has 24 heavy (non-hydrogen) atoms. The zero-order chi connectivity index (χ0) is 16.8. The Hall–Kier alpha value is -2.69. The van der Waals surface area contributed by atoms with Gasteiger partial charge < -0.3 is 19.5 Å². The minimum Gasteiger partial charge on any atom is -0.494 e. The van der Waals surface area contributed by atoms with Crippen LogP contribution in [0, 0.1) is 0 Å². The number of hydrogen-bond acceptors (Lipinski definition) is 4. The van der Waals surface area contributed by atoms with Crippen molar-refractivity contribution in [2.75, 3.05) is 18.7 Å². The van der Waals surface area contributed by atoms with Crippen LogP contribution in [0.3, 0.4) is 0 Å². The van der Waals surface area contributed by atoms with Crippen molar-refractivity contribution >= 4 is 11.6 Å². The summed E-state index contributed by atoms with van der Waals surface area (Å²) in [4.78, 5) is 12.0. The highest BCUT2D eigenvalue weighted by Gasteiger charge is 2.14. The van der Waals surface area contributed by atoms with Gasteiger partial charge in [-0.25, -0.2) is 0 Å². The quantitative estimate of drug-likeness (QED) is 0.786. The minimum atomic E-state index is -0.0428. The van der Waals surface area contributed by atoms with E-state index in [1.807, 2.05) is 12.1 Å². The lowest BCUT2D eigenvalue weighted by molar-refractivity contribution is -0.116. The van der Waals surface area contributed by atoms with E-state index in [1.165, 1.54) is 5.56 Å². The number of rotatable bonds is 7. The van der Waals surface area contributed by atoms with Gasteiger partial charge in [0.05, 0.1) is 6.61 Å². The van der Waals surface area contributed by atoms with Crippen LogP contribution in [-0.4, -0.2) is 19.3 Å². The van der Waals surface area contributed by atoms with Crippen LogP contribution in [0.4, 0.5) is 5.69 Å². The Morgan fingerprint density at radius 1 is 1.12 bits per heavy atom. The third-order valence-corrected chi connectivity index (χ3v) is 3.80. The highest BCUT2D eigenvalue weighted by Crippen LogP contribution is 2.34. The summed E-state index contributed by atoms with van der Waals surface area (Å²) in [5.41, 5.74) is 1.99. The van der Waals surface area contributed by atoms with Crippen LogP contribution >= 0.6 is 0 Å². The van der Waals surface area contributed by atoms with E-state index < -0.39 is 0 Å². The molecule has 2 aromatic carbocycles. The summed E-state index contributed by atoms with van der Waals surface area (Å²) < 4.78 is 16.2. The van der Waals surface area contributed by atoms with E-state index in [1.54, 1.807) is 18.2 Å². The van der Waals surface area contributed by atoms with Crippen molar-refractivity contribution in [3.05, 3.63) is 48.0 Å². The van der Waals surface area contributed by atoms with Gasteiger partial charge in [-0.05, 0) is 42.7 Å². The largest absolute Gasteiger partial charge is 0.494 e. The van der Waals surface area contributed by atoms with E-state index in [9.17, 15) is 4.79 Å². The first kappa shape index (κ1) is 16.2. The molecule has 0 bridgehead atoms. The van der Waals surface area contributed by atoms with Gasteiger partial charge in [0.15, 0.2) is 11.5 Å². The summed E-state index contributed by atoms with van der Waals surface area (Å²) in [5, 5.41) is 2.86. The topological polar surface area (TPSA) is 56.8 Å². The molecule has 1 amide bonds. The lowest BCUT2D eigenvalue weighted by Crippen LogP contribution is -2.12. The minimum absolute atomic E-state index is 0.0428. The monoisotopic (exact) mass is 327 g/mol. The van der Waals surface area contributed by atoms with E-state index in [0.717, 1.165) is 12.2 Å². The molecular formula is C19H21NO4. The summed E-state index contributed by atoms with van der Waals surface area (Å²) in [6.45, 7) is 2.86. The molecule has 1 N–H and O–H groups in total. The zero-order valence-electron chi connectivity index (χ0n) is 13.7. The number of hydrogen-bond donors (Lipinski definition) is 1. The molecule has 126 valence electrons. The van der Waals surface area contributed by atoms with Crippen LogP contribution < -0.4 is 19.5 Å². The molecule has 1 aliphatic heterocycles. The van der Waals surface area contributed by atoms with Gasteiger partial charge >= 0.3 is 0 Å². The van der Waals surface area contributed by atoms with E-state index in [4.69, 9.17) is 14.2 Å². The fraction of sp³-hybridized carbons (Fsp3) is 0.316. The van der Waals surface area contributed by atoms with Crippen LogP contribution in [0.15, 0.2) is 42.5 Å². The molecule has 0 spiro atoms. The first-order valence-corrected chi connectivity index (χ1v) is 8.16. The Labute approximate surface area is 141 Å². The number of benzene rings is 2. The van der Waals surface area contributed by atoms with E-state index in [0.29, 0.717) is 36.6 Å². The molecule has 0 saturated heterocycles. The second-order valence-corrected chi connectivity index (χ2v) is 5.57. The van der Waals surface area contributed by atoms with E-state index in [2.05, 4.69) is 24.4 Å². The SMILES string of the molecule is CCc1ccc(OCCCC(=O)Nc2ccc3c(c2)OCO3)cc1. The number of nitrogens with one attached hydrogen (secondary N) is 1. The van der Waals surface area contributed by atoms with Gasteiger partial charge in [-0.15, -0.1) is 0 Å². The molecule has 0 saturated carbocycles. The predicted molar refractivity (Wildman–Crippen MR) is 91.7 cm³/mol. The molecule has 1 aliphatic rings. The Bertz CT molecular complexity index is 697. The van der Waals surface area contributed by atoms with Crippen molar-refractivity contribution in [2.45, 2.75) is 26.2 Å². The van der Waals surface area contributed by atoms with Crippen molar-refractivity contribution in [3.8, 4) is 17.2 Å². The van der Waals surface area contributed by atoms with Crippen LogP contribution in [0.2, 0.25) is 0 Å². The average Bonchev–Trinajstić information content (AvgIpc) is 3.07. The first-order chi connectivity index (χ1) is 11.7. The van der Waals surface area contributed by atoms with Gasteiger partial charge in [-0.2, -0.15) is 0 Å². The molecule has 5 heteroatoms. The number of amides is 1. The number of ether oxygens (including phenoxy) is 3. The van der Waals surface area contributed by atoms with Crippen LogP contribution in [-0.2, 0) is 11.2 Å². The Morgan fingerprint density at radius 3 is 2.71 bits per heavy atom. The number of anilines is 1. The van der Waals surface area contributed by atoms with Crippen molar-refractivity contribution in [1.82, 2.24) is 0 Å². The first-order valence-electron chi connectivity index (χ1n) is 8.16. The maximum Gasteiger partial charge on any atom is 0.231 e. The second kappa shape index (κ2) is 7.73. The van der Waals surface area contributed by atoms with Crippen molar-refractivity contribution in [3.63, 3.8) is 0 Å². The molecule has 0 radical (unpaired) electrons. The van der Waals surface area contributed by atoms with Gasteiger partial charge in [-0.1, -0.05) is 19.1 Å². The number of fused-ring (bicyclic) bond motifs is 1. The van der Waals surface area contributed by atoms with E-state index in [-0.39, 0.29) is 12.7 Å². The molecule has 0 atom stereocenters. The summed E-state index contributed by atoms with van der Waals surface area (Å²) in [6.07, 6.45) is 2.08. The molecule has 0 aromatic heterocycles. The molecule has 0 aliphatic carbocycles. The van der Waals surface area contributed by atoms with Gasteiger partial charge in [0.2, 0.25) is 12.7 Å². The third-order valence-electron chi connectivity index (χ3n) is 3.80. The number of carbonyl (C=O) groups excluding carboxylic acids is 1. The zero-order valence-corrected chi connectivity index (χ0v) is 13.7. The third kappa shape index (κ3) is 4.19. The van der Waals surface area contributed by atoms with Crippen molar-refractivity contribution in [2.24, 2.45) is 0 Å². The second-order valence-electron chi connectivity index (χ2n) is 5.57. The summed E-state index contributed by atoms with van der Waals surface area (Å²) in [5.74, 6) is 2.16. The highest BCUT2D eigenvalue weighted by atomic mass is 16.7. The Balaban J connectivity index is 1.39. The molecule has 3 rings (SSSR count). The molecule has 0 fully saturated rings. The Kier molecular flexibility index (Phi) is 5.21. The average molecular weight is 327 g/mol. The molecule has 5 nitrogen and oxygen atoms in total. The van der Waals surface area contributed by atoms with Crippen LogP contribution in [0.5, 0.6) is 17.2 Å². The number of carbonyl (C=O) groups is 1. The standard InChI is InChI=1S/C19H21NO4/c1-2-14-5-8-16(9-6-14)22-11-3-4-19(21)20-15-7-10-17-18(12-15)24-13-23-17/h5-10,12H,2-4,11,13H2,1H3,(H,20,21). The maximum absolute atomic E-state index is 12.0. The van der Waals surface area contributed by atoms with Gasteiger partial charge in [-0.3, -0.25) is 4.79 Å². The fourth-order valence-corrected chi connectivity index (χ4v) is 2.44. The van der Waals surface area contributed by atoms with Gasteiger partial charge in [0.25, 0.3) is 0 Å². The lowest BCUT2D eigenvalue weighted by atomic mass is 10.2.